The van der Waals surface area contributed by atoms with Crippen molar-refractivity contribution in [1.82, 2.24) is 15.2 Å². The number of carbonyl (C=O) groups is 3. The van der Waals surface area contributed by atoms with Gasteiger partial charge >= 0.3 is 11.9 Å². The molecule has 11 nitrogen and oxygen atoms in total. The smallest absolute Gasteiger partial charge is 0.323 e. The Morgan fingerprint density at radius 1 is 0.975 bits per heavy atom. The summed E-state index contributed by atoms with van der Waals surface area (Å²) in [6.45, 7) is 9.61. The third-order valence-electron chi connectivity index (χ3n) is 5.23. The van der Waals surface area contributed by atoms with E-state index < -0.39 is 55.3 Å². The number of ketones is 1. The first kappa shape index (κ1) is 31.2. The van der Waals surface area contributed by atoms with Crippen molar-refractivity contribution in [2.24, 2.45) is 0 Å². The van der Waals surface area contributed by atoms with E-state index in [4.69, 9.17) is 19.6 Å². The van der Waals surface area contributed by atoms with Crippen molar-refractivity contribution in [2.75, 3.05) is 5.73 Å². The van der Waals surface area contributed by atoms with Gasteiger partial charge in [-0.1, -0.05) is 23.5 Å². The summed E-state index contributed by atoms with van der Waals surface area (Å²) in [5.41, 5.74) is 5.88. The molecule has 40 heavy (non-hydrogen) atoms. The van der Waals surface area contributed by atoms with Crippen LogP contribution in [0.25, 0.3) is 11.5 Å². The fourth-order valence-electron chi connectivity index (χ4n) is 3.53. The molecule has 0 saturated heterocycles. The highest BCUT2D eigenvalue weighted by molar-refractivity contribution is 7.67. The number of halogens is 1. The van der Waals surface area contributed by atoms with Crippen LogP contribution >= 0.6 is 18.8 Å². The molecule has 3 rings (SSSR count). The summed E-state index contributed by atoms with van der Waals surface area (Å²) >= 11 is 0.887. The van der Waals surface area contributed by atoms with Crippen LogP contribution in [0.1, 0.15) is 56.8 Å². The molecule has 0 spiro atoms. The molecule has 0 aliphatic heterocycles. The van der Waals surface area contributed by atoms with Crippen molar-refractivity contribution in [3.63, 3.8) is 0 Å². The van der Waals surface area contributed by atoms with Crippen molar-refractivity contribution in [1.29, 1.82) is 0 Å². The zero-order valence-corrected chi connectivity index (χ0v) is 24.6. The van der Waals surface area contributed by atoms with E-state index in [0.29, 0.717) is 0 Å². The van der Waals surface area contributed by atoms with Gasteiger partial charge < -0.3 is 19.6 Å². The predicted molar refractivity (Wildman–Crippen MR) is 149 cm³/mol. The van der Waals surface area contributed by atoms with Crippen molar-refractivity contribution in [3.8, 4) is 11.5 Å². The largest absolute Gasteiger partial charge is 0.462 e. The number of nitrogens with zero attached hydrogens (tertiary/aromatic N) is 1. The number of thiazole rings is 1. The molecular formula is C26H32FN4O7PS. The molecule has 0 aliphatic rings. The highest BCUT2D eigenvalue weighted by Crippen LogP contribution is 2.40. The summed E-state index contributed by atoms with van der Waals surface area (Å²) in [6.07, 6.45) is -0.827. The first-order valence-electron chi connectivity index (χ1n) is 12.4. The number of nitrogens with two attached hydrogens (primary N) is 1. The van der Waals surface area contributed by atoms with E-state index in [0.717, 1.165) is 17.4 Å². The molecule has 0 saturated carbocycles. The average Bonchev–Trinajstić information content (AvgIpc) is 3.50. The minimum absolute atomic E-state index is 0.0429. The van der Waals surface area contributed by atoms with E-state index in [1.54, 1.807) is 27.7 Å². The minimum Gasteiger partial charge on any atom is -0.462 e. The van der Waals surface area contributed by atoms with Gasteiger partial charge in [-0.05, 0) is 65.8 Å². The molecule has 1 aromatic carbocycles. The van der Waals surface area contributed by atoms with Crippen molar-refractivity contribution < 1.29 is 37.2 Å². The molecule has 0 amide bonds. The van der Waals surface area contributed by atoms with Crippen LogP contribution in [0.5, 0.6) is 0 Å². The normalized spacial score (nSPS) is 13.3. The summed E-state index contributed by atoms with van der Waals surface area (Å²) in [6, 6.07) is 5.82. The number of hydrogen-bond donors (Lipinski definition) is 3. The number of nitrogens with one attached hydrogen (secondary N) is 2. The summed E-state index contributed by atoms with van der Waals surface area (Å²) in [5.74, 6) is -2.41. The van der Waals surface area contributed by atoms with Gasteiger partial charge in [-0.3, -0.25) is 18.9 Å². The van der Waals surface area contributed by atoms with Crippen LogP contribution < -0.4 is 21.4 Å². The summed E-state index contributed by atoms with van der Waals surface area (Å²) in [5, 5.41) is 5.48. The van der Waals surface area contributed by atoms with E-state index in [1.807, 2.05) is 0 Å². The lowest BCUT2D eigenvalue weighted by Crippen LogP contribution is -2.45. The molecule has 2 aromatic heterocycles. The van der Waals surface area contributed by atoms with E-state index in [-0.39, 0.29) is 32.5 Å². The zero-order chi connectivity index (χ0) is 29.8. The Kier molecular flexibility index (Phi) is 10.0. The number of anilines is 1. The third kappa shape index (κ3) is 7.63. The van der Waals surface area contributed by atoms with E-state index in [9.17, 15) is 23.3 Å². The number of aromatic nitrogens is 1. The zero-order valence-electron chi connectivity index (χ0n) is 22.9. The fourth-order valence-corrected chi connectivity index (χ4v) is 6.47. The van der Waals surface area contributed by atoms with Crippen molar-refractivity contribution in [3.05, 3.63) is 52.7 Å². The number of benzene rings is 1. The lowest BCUT2D eigenvalue weighted by atomic mass is 10.1. The molecule has 0 radical (unpaired) electrons. The standard InChI is InChI=1S/C26H32FN4O7PS/c1-13(2)36-24(33)15(5)30-39(35,31-16(6)25(34)37-14(3)4)20-11-10-19(38-20)21-23(40-26(28)29-21)22(32)17-8-7-9-18(27)12-17/h7-16H,1-6H3,(H2,28,29)(H2,30,31,35)/t15-,16-/m0/s1. The summed E-state index contributed by atoms with van der Waals surface area (Å²) < 4.78 is 44.3. The van der Waals surface area contributed by atoms with Crippen molar-refractivity contribution >= 4 is 47.1 Å². The molecule has 0 unspecified atom stereocenters. The second-order valence-corrected chi connectivity index (χ2v) is 12.7. The Morgan fingerprint density at radius 3 is 2.08 bits per heavy atom. The molecule has 0 aliphatic carbocycles. The monoisotopic (exact) mass is 594 g/mol. The SMILES string of the molecule is CC(C)OC(=O)[C@H](C)NP(=O)(N[C@@H](C)C(=O)OC(C)C)c1ccc(-c2nc(N)sc2C(=O)c2cccc(F)c2)o1. The van der Waals surface area contributed by atoms with Gasteiger partial charge in [0.25, 0.3) is 7.44 Å². The van der Waals surface area contributed by atoms with E-state index >= 15 is 0 Å². The molecule has 216 valence electrons. The Morgan fingerprint density at radius 2 is 1.55 bits per heavy atom. The van der Waals surface area contributed by atoms with Crippen LogP contribution in [0.3, 0.4) is 0 Å². The third-order valence-corrected chi connectivity index (χ3v) is 8.48. The first-order valence-corrected chi connectivity index (χ1v) is 15.0. The molecule has 4 N–H and O–H groups in total. The molecule has 14 heteroatoms. The molecule has 0 bridgehead atoms. The second kappa shape index (κ2) is 12.9. The maximum atomic E-state index is 14.3. The summed E-state index contributed by atoms with van der Waals surface area (Å²) in [4.78, 5) is 42.4. The number of hydrogen-bond acceptors (Lipinski definition) is 10. The highest BCUT2D eigenvalue weighted by atomic mass is 32.1. The van der Waals surface area contributed by atoms with Crippen LogP contribution in [-0.4, -0.2) is 47.0 Å². The van der Waals surface area contributed by atoms with E-state index in [2.05, 4.69) is 15.2 Å². The van der Waals surface area contributed by atoms with Gasteiger partial charge in [0.2, 0.25) is 5.78 Å². The first-order chi connectivity index (χ1) is 18.7. The topological polar surface area (TPSA) is 163 Å². The fraction of sp³-hybridized carbons (Fsp3) is 0.385. The molecule has 2 atom stereocenters. The lowest BCUT2D eigenvalue weighted by Gasteiger charge is -2.25. The van der Waals surface area contributed by atoms with Gasteiger partial charge in [-0.25, -0.2) is 19.5 Å². The van der Waals surface area contributed by atoms with Gasteiger partial charge in [-0.2, -0.15) is 0 Å². The van der Waals surface area contributed by atoms with E-state index in [1.165, 1.54) is 44.2 Å². The van der Waals surface area contributed by atoms with Crippen LogP contribution in [0.4, 0.5) is 9.52 Å². The highest BCUT2D eigenvalue weighted by Gasteiger charge is 2.37. The second-order valence-electron chi connectivity index (χ2n) is 9.49. The number of carbonyl (C=O) groups excluding carboxylic acids is 3. The Balaban J connectivity index is 2.00. The van der Waals surface area contributed by atoms with Gasteiger partial charge in [-0.15, -0.1) is 0 Å². The number of nitrogen functional groups attached to an aromatic ring is 1. The molecule has 2 heterocycles. The number of furan rings is 1. The summed E-state index contributed by atoms with van der Waals surface area (Å²) in [7, 11) is -4.03. The lowest BCUT2D eigenvalue weighted by molar-refractivity contribution is -0.149. The van der Waals surface area contributed by atoms with Crippen LogP contribution in [0, 0.1) is 5.82 Å². The van der Waals surface area contributed by atoms with Gasteiger partial charge in [0.05, 0.1) is 12.2 Å². The maximum absolute atomic E-state index is 14.3. The van der Waals surface area contributed by atoms with Crippen molar-refractivity contribution in [2.45, 2.75) is 65.8 Å². The Hall–Kier alpha value is -3.38. The van der Waals surface area contributed by atoms with Gasteiger partial charge in [0, 0.05) is 5.56 Å². The van der Waals surface area contributed by atoms with Crippen LogP contribution in [-0.2, 0) is 23.6 Å². The molecule has 0 fully saturated rings. The Bertz CT molecular complexity index is 1400. The Labute approximate surface area is 235 Å². The van der Waals surface area contributed by atoms with Gasteiger partial charge in [0.1, 0.15) is 28.5 Å². The van der Waals surface area contributed by atoms with Crippen LogP contribution in [0.15, 0.2) is 40.8 Å². The maximum Gasteiger partial charge on any atom is 0.323 e. The van der Waals surface area contributed by atoms with Crippen LogP contribution in [0.2, 0.25) is 0 Å². The minimum atomic E-state index is -4.03. The van der Waals surface area contributed by atoms with Gasteiger partial charge in [0.15, 0.2) is 16.4 Å². The predicted octanol–water partition coefficient (Wildman–Crippen LogP) is 4.03. The quantitative estimate of drug-likeness (QED) is 0.158. The number of ether oxygens (including phenoxy) is 2. The molecule has 3 aromatic rings. The number of esters is 2. The average molecular weight is 595 g/mol. The molecular weight excluding hydrogens is 562 g/mol. The number of rotatable bonds is 12.